The number of hydrogen-bond donors (Lipinski definition) is 1. The van der Waals surface area contributed by atoms with Crippen LogP contribution in [0.25, 0.3) is 0 Å². The molecule has 0 aromatic carbocycles. The van der Waals surface area contributed by atoms with E-state index < -0.39 is 0 Å². The zero-order valence-corrected chi connectivity index (χ0v) is 14.1. The van der Waals surface area contributed by atoms with Gasteiger partial charge in [0, 0.05) is 19.8 Å². The van der Waals surface area contributed by atoms with Gasteiger partial charge in [-0.25, -0.2) is 0 Å². The first-order chi connectivity index (χ1) is 10.2. The lowest BCUT2D eigenvalue weighted by atomic mass is 9.67. The van der Waals surface area contributed by atoms with E-state index >= 15 is 0 Å². The zero-order chi connectivity index (χ0) is 15.1. The second-order valence-corrected chi connectivity index (χ2v) is 6.93. The molecule has 4 nitrogen and oxygen atoms in total. The molecule has 0 unspecified atom stereocenters. The summed E-state index contributed by atoms with van der Waals surface area (Å²) in [6.45, 7) is 6.68. The third kappa shape index (κ3) is 4.80. The molecule has 21 heavy (non-hydrogen) atoms. The molecule has 1 fully saturated rings. The van der Waals surface area contributed by atoms with Crippen LogP contribution >= 0.6 is 0 Å². The van der Waals surface area contributed by atoms with Crippen molar-refractivity contribution in [3.05, 3.63) is 11.9 Å². The summed E-state index contributed by atoms with van der Waals surface area (Å²) in [7, 11) is 1.95. The normalized spacial score (nSPS) is 26.1. The van der Waals surface area contributed by atoms with Crippen molar-refractivity contribution in [2.24, 2.45) is 18.4 Å². The first-order valence-electron chi connectivity index (χ1n) is 8.73. The number of aryl methyl sites for hydroxylation is 1. The Morgan fingerprint density at radius 3 is 2.67 bits per heavy atom. The van der Waals surface area contributed by atoms with Crippen LogP contribution in [0.2, 0.25) is 0 Å². The Bertz CT molecular complexity index is 405. The Morgan fingerprint density at radius 2 is 2.10 bits per heavy atom. The summed E-state index contributed by atoms with van der Waals surface area (Å²) in [4.78, 5) is 0. The minimum absolute atomic E-state index is 0.398. The minimum atomic E-state index is 0.398. The predicted octanol–water partition coefficient (Wildman–Crippen LogP) is 3.33. The molecule has 0 saturated heterocycles. The largest absolute Gasteiger partial charge is 0.316 e. The third-order valence-corrected chi connectivity index (χ3v) is 5.09. The van der Waals surface area contributed by atoms with Gasteiger partial charge in [-0.2, -0.15) is 0 Å². The summed E-state index contributed by atoms with van der Waals surface area (Å²) in [5.41, 5.74) is 1.55. The highest BCUT2D eigenvalue weighted by atomic mass is 15.4. The SMILES string of the molecule is CCCCC1CCC(CNCC)(Cc2cn(C)nn2)CC1. The summed E-state index contributed by atoms with van der Waals surface area (Å²) in [5, 5.41) is 12.0. The van der Waals surface area contributed by atoms with E-state index in [-0.39, 0.29) is 0 Å². The lowest BCUT2D eigenvalue weighted by Crippen LogP contribution is -2.39. The zero-order valence-electron chi connectivity index (χ0n) is 14.1. The molecule has 1 saturated carbocycles. The van der Waals surface area contributed by atoms with Gasteiger partial charge in [0.05, 0.1) is 5.69 Å². The van der Waals surface area contributed by atoms with Crippen molar-refractivity contribution in [2.75, 3.05) is 13.1 Å². The van der Waals surface area contributed by atoms with Crippen molar-refractivity contribution in [3.63, 3.8) is 0 Å². The molecule has 1 aliphatic carbocycles. The summed E-state index contributed by atoms with van der Waals surface area (Å²) in [6.07, 6.45) is 12.8. The van der Waals surface area contributed by atoms with Gasteiger partial charge in [-0.1, -0.05) is 38.3 Å². The molecular formula is C17H32N4. The summed E-state index contributed by atoms with van der Waals surface area (Å²) in [5.74, 6) is 0.960. The molecule has 1 aromatic rings. The van der Waals surface area contributed by atoms with Crippen LogP contribution in [0.4, 0.5) is 0 Å². The van der Waals surface area contributed by atoms with E-state index in [2.05, 4.69) is 35.7 Å². The van der Waals surface area contributed by atoms with Crippen LogP contribution in [0.15, 0.2) is 6.20 Å². The van der Waals surface area contributed by atoms with E-state index in [1.807, 2.05) is 11.7 Å². The first-order valence-corrected chi connectivity index (χ1v) is 8.73. The van der Waals surface area contributed by atoms with Crippen LogP contribution in [-0.4, -0.2) is 28.1 Å². The second kappa shape index (κ2) is 7.92. The van der Waals surface area contributed by atoms with Crippen molar-refractivity contribution in [1.29, 1.82) is 0 Å². The highest BCUT2D eigenvalue weighted by Gasteiger charge is 2.35. The minimum Gasteiger partial charge on any atom is -0.316 e. The summed E-state index contributed by atoms with van der Waals surface area (Å²) >= 11 is 0. The Hall–Kier alpha value is -0.900. The summed E-state index contributed by atoms with van der Waals surface area (Å²) < 4.78 is 1.82. The monoisotopic (exact) mass is 292 g/mol. The van der Waals surface area contributed by atoms with Crippen LogP contribution in [-0.2, 0) is 13.5 Å². The highest BCUT2D eigenvalue weighted by molar-refractivity contribution is 5.01. The van der Waals surface area contributed by atoms with Gasteiger partial charge in [-0.15, -0.1) is 5.10 Å². The molecule has 1 aliphatic rings. The molecule has 2 rings (SSSR count). The lowest BCUT2D eigenvalue weighted by molar-refractivity contribution is 0.138. The fourth-order valence-corrected chi connectivity index (χ4v) is 3.74. The maximum absolute atomic E-state index is 4.32. The van der Waals surface area contributed by atoms with Crippen molar-refractivity contribution in [1.82, 2.24) is 20.3 Å². The maximum atomic E-state index is 4.32. The number of nitrogens with zero attached hydrogens (tertiary/aromatic N) is 3. The van der Waals surface area contributed by atoms with Gasteiger partial charge in [0.15, 0.2) is 0 Å². The fraction of sp³-hybridized carbons (Fsp3) is 0.882. The molecule has 1 heterocycles. The molecule has 1 aromatic heterocycles. The van der Waals surface area contributed by atoms with Gasteiger partial charge < -0.3 is 5.32 Å². The quantitative estimate of drug-likeness (QED) is 0.799. The molecule has 0 bridgehead atoms. The van der Waals surface area contributed by atoms with Crippen LogP contribution in [0.3, 0.4) is 0 Å². The maximum Gasteiger partial charge on any atom is 0.0833 e. The molecule has 0 spiro atoms. The average molecular weight is 292 g/mol. The van der Waals surface area contributed by atoms with Crippen molar-refractivity contribution < 1.29 is 0 Å². The van der Waals surface area contributed by atoms with Crippen molar-refractivity contribution >= 4 is 0 Å². The number of unbranched alkanes of at least 4 members (excludes halogenated alkanes) is 1. The van der Waals surface area contributed by atoms with Crippen molar-refractivity contribution in [2.45, 2.75) is 65.2 Å². The molecule has 0 radical (unpaired) electrons. The highest BCUT2D eigenvalue weighted by Crippen LogP contribution is 2.42. The van der Waals surface area contributed by atoms with Crippen LogP contribution < -0.4 is 5.32 Å². The second-order valence-electron chi connectivity index (χ2n) is 6.93. The Kier molecular flexibility index (Phi) is 6.22. The van der Waals surface area contributed by atoms with Crippen LogP contribution in [0.5, 0.6) is 0 Å². The van der Waals surface area contributed by atoms with Crippen molar-refractivity contribution in [3.8, 4) is 0 Å². The van der Waals surface area contributed by atoms with E-state index in [0.29, 0.717) is 5.41 Å². The number of aromatic nitrogens is 3. The molecule has 0 aliphatic heterocycles. The average Bonchev–Trinajstić information content (AvgIpc) is 2.89. The van der Waals surface area contributed by atoms with Gasteiger partial charge in [-0.3, -0.25) is 4.68 Å². The molecule has 0 atom stereocenters. The molecule has 120 valence electrons. The van der Waals surface area contributed by atoms with Gasteiger partial charge in [-0.05, 0) is 50.0 Å². The van der Waals surface area contributed by atoms with Crippen LogP contribution in [0, 0.1) is 11.3 Å². The molecule has 4 heteroatoms. The number of nitrogens with one attached hydrogen (secondary N) is 1. The molecule has 1 N–H and O–H groups in total. The van der Waals surface area contributed by atoms with Crippen LogP contribution in [0.1, 0.15) is 64.5 Å². The topological polar surface area (TPSA) is 42.7 Å². The third-order valence-electron chi connectivity index (χ3n) is 5.09. The van der Waals surface area contributed by atoms with Gasteiger partial charge in [0.1, 0.15) is 0 Å². The number of hydrogen-bond acceptors (Lipinski definition) is 3. The van der Waals surface area contributed by atoms with E-state index in [1.165, 1.54) is 44.9 Å². The standard InChI is InChI=1S/C17H32N4/c1-4-6-7-15-8-10-17(11-9-15,14-18-5-2)12-16-13-21(3)20-19-16/h13,15,18H,4-12,14H2,1-3H3. The smallest absolute Gasteiger partial charge is 0.0833 e. The predicted molar refractivity (Wildman–Crippen MR) is 87.2 cm³/mol. The van der Waals surface area contributed by atoms with E-state index in [9.17, 15) is 0 Å². The summed E-state index contributed by atoms with van der Waals surface area (Å²) in [6, 6.07) is 0. The van der Waals surface area contributed by atoms with E-state index in [0.717, 1.165) is 31.1 Å². The molecular weight excluding hydrogens is 260 g/mol. The van der Waals surface area contributed by atoms with Gasteiger partial charge >= 0.3 is 0 Å². The van der Waals surface area contributed by atoms with Gasteiger partial charge in [0.25, 0.3) is 0 Å². The van der Waals surface area contributed by atoms with E-state index in [4.69, 9.17) is 0 Å². The fourth-order valence-electron chi connectivity index (χ4n) is 3.74. The lowest BCUT2D eigenvalue weighted by Gasteiger charge is -2.40. The Balaban J connectivity index is 1.95. The Labute approximate surface area is 129 Å². The van der Waals surface area contributed by atoms with E-state index in [1.54, 1.807) is 0 Å². The number of rotatable bonds is 8. The molecule has 0 amide bonds. The van der Waals surface area contributed by atoms with Gasteiger partial charge in [0.2, 0.25) is 0 Å². The Morgan fingerprint density at radius 1 is 1.33 bits per heavy atom. The first kappa shape index (κ1) is 16.5.